The number of aromatic amines is 1. The van der Waals surface area contributed by atoms with Gasteiger partial charge in [0, 0.05) is 22.5 Å². The average molecular weight is 371 g/mol. The highest BCUT2D eigenvalue weighted by molar-refractivity contribution is 5.85. The van der Waals surface area contributed by atoms with Gasteiger partial charge < -0.3 is 10.1 Å². The zero-order chi connectivity index (χ0) is 19.1. The number of alkyl halides is 1. The lowest BCUT2D eigenvalue weighted by molar-refractivity contribution is 0.0534. The molecule has 0 aliphatic rings. The summed E-state index contributed by atoms with van der Waals surface area (Å²) in [5.41, 5.74) is 2.03. The van der Waals surface area contributed by atoms with E-state index in [0.29, 0.717) is 11.1 Å². The predicted octanol–water partition coefficient (Wildman–Crippen LogP) is 4.71. The SMILES string of the molecule is OC(CF)(c1ccc2c(cnn2-c2ccccc2)c1)c1cccc2[nH]ccc12. The van der Waals surface area contributed by atoms with Crippen molar-refractivity contribution in [2.45, 2.75) is 5.60 Å². The number of aromatic nitrogens is 3. The third-order valence-electron chi connectivity index (χ3n) is 5.28. The molecule has 1 unspecified atom stereocenters. The van der Waals surface area contributed by atoms with E-state index in [0.717, 1.165) is 27.5 Å². The first-order chi connectivity index (χ1) is 13.7. The standard InChI is InChI=1S/C23H18FN3O/c24-15-23(28,20-7-4-8-21-19(20)11-12-25-21)17-9-10-22-16(13-17)14-26-27(22)18-5-2-1-3-6-18/h1-14,25,28H,15H2. The number of benzene rings is 3. The Morgan fingerprint density at radius 1 is 1.00 bits per heavy atom. The lowest BCUT2D eigenvalue weighted by Crippen LogP contribution is -2.30. The van der Waals surface area contributed by atoms with Crippen LogP contribution < -0.4 is 0 Å². The summed E-state index contributed by atoms with van der Waals surface area (Å²) in [7, 11) is 0. The van der Waals surface area contributed by atoms with Gasteiger partial charge in [-0.05, 0) is 47.5 Å². The molecule has 5 heteroatoms. The minimum atomic E-state index is -1.73. The van der Waals surface area contributed by atoms with Gasteiger partial charge in [-0.2, -0.15) is 5.10 Å². The van der Waals surface area contributed by atoms with Crippen molar-refractivity contribution in [3.05, 3.63) is 96.3 Å². The van der Waals surface area contributed by atoms with Gasteiger partial charge in [0.1, 0.15) is 12.3 Å². The summed E-state index contributed by atoms with van der Waals surface area (Å²) < 4.78 is 16.1. The van der Waals surface area contributed by atoms with E-state index in [1.807, 2.05) is 65.3 Å². The Balaban J connectivity index is 1.66. The molecule has 2 heterocycles. The van der Waals surface area contributed by atoms with Gasteiger partial charge in [0.15, 0.2) is 0 Å². The van der Waals surface area contributed by atoms with Gasteiger partial charge in [0.2, 0.25) is 0 Å². The summed E-state index contributed by atoms with van der Waals surface area (Å²) in [6.45, 7) is -0.921. The van der Waals surface area contributed by atoms with E-state index >= 15 is 0 Å². The van der Waals surface area contributed by atoms with Crippen molar-refractivity contribution < 1.29 is 9.50 Å². The van der Waals surface area contributed by atoms with Crippen LogP contribution in [0.4, 0.5) is 4.39 Å². The van der Waals surface area contributed by atoms with E-state index in [1.54, 1.807) is 24.5 Å². The van der Waals surface area contributed by atoms with Crippen molar-refractivity contribution >= 4 is 21.8 Å². The fourth-order valence-electron chi connectivity index (χ4n) is 3.82. The van der Waals surface area contributed by atoms with Crippen molar-refractivity contribution in [2.24, 2.45) is 0 Å². The van der Waals surface area contributed by atoms with Crippen molar-refractivity contribution in [3.63, 3.8) is 0 Å². The molecular formula is C23H18FN3O. The third kappa shape index (κ3) is 2.44. The van der Waals surface area contributed by atoms with Gasteiger partial charge in [0.25, 0.3) is 0 Å². The molecule has 5 rings (SSSR count). The summed E-state index contributed by atoms with van der Waals surface area (Å²) in [6, 6.07) is 22.6. The van der Waals surface area contributed by atoms with Crippen LogP contribution in [0.1, 0.15) is 11.1 Å². The second-order valence-electron chi connectivity index (χ2n) is 6.90. The number of fused-ring (bicyclic) bond motifs is 2. The Kier molecular flexibility index (Phi) is 3.77. The summed E-state index contributed by atoms with van der Waals surface area (Å²) >= 11 is 0. The maximum atomic E-state index is 14.2. The molecule has 138 valence electrons. The number of hydrogen-bond donors (Lipinski definition) is 2. The minimum absolute atomic E-state index is 0.504. The number of H-pyrrole nitrogens is 1. The molecule has 0 bridgehead atoms. The quantitative estimate of drug-likeness (QED) is 0.481. The minimum Gasteiger partial charge on any atom is -0.378 e. The van der Waals surface area contributed by atoms with Gasteiger partial charge in [-0.1, -0.05) is 36.4 Å². The zero-order valence-corrected chi connectivity index (χ0v) is 15.0. The number of halogens is 1. The molecule has 1 atom stereocenters. The molecule has 0 amide bonds. The molecule has 5 aromatic rings. The third-order valence-corrected chi connectivity index (χ3v) is 5.28. The second-order valence-corrected chi connectivity index (χ2v) is 6.90. The van der Waals surface area contributed by atoms with E-state index in [2.05, 4.69) is 10.1 Å². The molecule has 3 aromatic carbocycles. The van der Waals surface area contributed by atoms with Crippen molar-refractivity contribution in [2.75, 3.05) is 6.67 Å². The molecular weight excluding hydrogens is 353 g/mol. The van der Waals surface area contributed by atoms with Crippen molar-refractivity contribution in [3.8, 4) is 5.69 Å². The van der Waals surface area contributed by atoms with E-state index in [4.69, 9.17) is 0 Å². The van der Waals surface area contributed by atoms with Crippen LogP contribution in [0.3, 0.4) is 0 Å². The molecule has 0 aliphatic heterocycles. The first-order valence-corrected chi connectivity index (χ1v) is 9.09. The number of rotatable bonds is 4. The highest BCUT2D eigenvalue weighted by Crippen LogP contribution is 2.36. The fourth-order valence-corrected chi connectivity index (χ4v) is 3.82. The number of nitrogens with zero attached hydrogens (tertiary/aromatic N) is 2. The van der Waals surface area contributed by atoms with Gasteiger partial charge in [-0.15, -0.1) is 0 Å². The molecule has 0 fully saturated rings. The Hall–Kier alpha value is -3.44. The van der Waals surface area contributed by atoms with E-state index in [9.17, 15) is 9.50 Å². The molecule has 0 aliphatic carbocycles. The normalized spacial score (nSPS) is 13.8. The Morgan fingerprint density at radius 3 is 2.68 bits per heavy atom. The molecule has 0 spiro atoms. The first kappa shape index (κ1) is 16.7. The zero-order valence-electron chi connectivity index (χ0n) is 15.0. The first-order valence-electron chi connectivity index (χ1n) is 9.09. The molecule has 0 saturated carbocycles. The van der Waals surface area contributed by atoms with Crippen LogP contribution in [0, 0.1) is 0 Å². The largest absolute Gasteiger partial charge is 0.378 e. The second kappa shape index (κ2) is 6.32. The molecule has 2 N–H and O–H groups in total. The van der Waals surface area contributed by atoms with Crippen LogP contribution in [-0.2, 0) is 5.60 Å². The number of nitrogens with one attached hydrogen (secondary N) is 1. The van der Waals surface area contributed by atoms with Crippen LogP contribution in [0.25, 0.3) is 27.5 Å². The van der Waals surface area contributed by atoms with Gasteiger partial charge in [0.05, 0.1) is 17.4 Å². The van der Waals surface area contributed by atoms with E-state index < -0.39 is 12.3 Å². The van der Waals surface area contributed by atoms with Crippen molar-refractivity contribution in [1.82, 2.24) is 14.8 Å². The van der Waals surface area contributed by atoms with Crippen LogP contribution >= 0.6 is 0 Å². The predicted molar refractivity (Wildman–Crippen MR) is 108 cm³/mol. The van der Waals surface area contributed by atoms with Crippen LogP contribution in [0.2, 0.25) is 0 Å². The highest BCUT2D eigenvalue weighted by Gasteiger charge is 2.34. The molecule has 2 aromatic heterocycles. The van der Waals surface area contributed by atoms with Gasteiger partial charge in [-0.25, -0.2) is 9.07 Å². The monoisotopic (exact) mass is 371 g/mol. The summed E-state index contributed by atoms with van der Waals surface area (Å²) in [4.78, 5) is 3.11. The summed E-state index contributed by atoms with van der Waals surface area (Å²) in [5, 5.41) is 17.5. The van der Waals surface area contributed by atoms with Crippen LogP contribution in [-0.4, -0.2) is 26.5 Å². The Labute approximate surface area is 160 Å². The molecule has 0 radical (unpaired) electrons. The fraction of sp³-hybridized carbons (Fsp3) is 0.0870. The summed E-state index contributed by atoms with van der Waals surface area (Å²) in [6.07, 6.45) is 3.53. The number of aliphatic hydroxyl groups is 1. The number of hydrogen-bond acceptors (Lipinski definition) is 2. The summed E-state index contributed by atoms with van der Waals surface area (Å²) in [5.74, 6) is 0. The van der Waals surface area contributed by atoms with E-state index in [-0.39, 0.29) is 0 Å². The Bertz CT molecular complexity index is 1280. The number of para-hydroxylation sites is 1. The maximum Gasteiger partial charge on any atom is 0.143 e. The molecule has 28 heavy (non-hydrogen) atoms. The Morgan fingerprint density at radius 2 is 1.86 bits per heavy atom. The average Bonchev–Trinajstić information content (AvgIpc) is 3.40. The highest BCUT2D eigenvalue weighted by atomic mass is 19.1. The van der Waals surface area contributed by atoms with Crippen LogP contribution in [0.15, 0.2) is 85.2 Å². The van der Waals surface area contributed by atoms with Crippen molar-refractivity contribution in [1.29, 1.82) is 0 Å². The van der Waals surface area contributed by atoms with E-state index in [1.165, 1.54) is 0 Å². The van der Waals surface area contributed by atoms with Gasteiger partial charge in [-0.3, -0.25) is 0 Å². The van der Waals surface area contributed by atoms with Crippen LogP contribution in [0.5, 0.6) is 0 Å². The van der Waals surface area contributed by atoms with Gasteiger partial charge >= 0.3 is 0 Å². The molecule has 0 saturated heterocycles. The molecule has 4 nitrogen and oxygen atoms in total. The smallest absolute Gasteiger partial charge is 0.143 e. The topological polar surface area (TPSA) is 53.8 Å². The maximum absolute atomic E-state index is 14.2. The lowest BCUT2D eigenvalue weighted by Gasteiger charge is -2.27. The lowest BCUT2D eigenvalue weighted by atomic mass is 9.85.